The van der Waals surface area contributed by atoms with Crippen LogP contribution in [0.2, 0.25) is 0 Å². The fourth-order valence-corrected chi connectivity index (χ4v) is 2.11. The van der Waals surface area contributed by atoms with Crippen LogP contribution in [0.5, 0.6) is 0 Å². The van der Waals surface area contributed by atoms with Crippen molar-refractivity contribution in [2.45, 2.75) is 39.2 Å². The number of aliphatic hydroxyl groups is 1. The van der Waals surface area contributed by atoms with Crippen molar-refractivity contribution in [1.29, 1.82) is 0 Å². The summed E-state index contributed by atoms with van der Waals surface area (Å²) in [5.41, 5.74) is 0.858. The van der Waals surface area contributed by atoms with Crippen molar-refractivity contribution in [3.05, 3.63) is 22.6 Å². The van der Waals surface area contributed by atoms with Crippen LogP contribution < -0.4 is 0 Å². The zero-order valence-electron chi connectivity index (χ0n) is 8.66. The Bertz CT molecular complexity index is 266. The second-order valence-electron chi connectivity index (χ2n) is 3.58. The van der Waals surface area contributed by atoms with Crippen molar-refractivity contribution < 1.29 is 9.52 Å². The van der Waals surface area contributed by atoms with E-state index < -0.39 is 6.10 Å². The zero-order chi connectivity index (χ0) is 10.6. The average Bonchev–Trinajstić information content (AvgIpc) is 2.60. The van der Waals surface area contributed by atoms with Crippen LogP contribution >= 0.6 is 15.9 Å². The summed E-state index contributed by atoms with van der Waals surface area (Å²) in [5, 5.41) is 9.93. The number of furan rings is 1. The lowest BCUT2D eigenvalue weighted by molar-refractivity contribution is 0.139. The zero-order valence-corrected chi connectivity index (χ0v) is 10.3. The Labute approximate surface area is 93.4 Å². The number of aliphatic hydroxyl groups excluding tert-OH is 1. The van der Waals surface area contributed by atoms with E-state index in [9.17, 15) is 5.11 Å². The van der Waals surface area contributed by atoms with Gasteiger partial charge in [-0.1, -0.05) is 26.7 Å². The molecule has 1 N–H and O–H groups in total. The highest BCUT2D eigenvalue weighted by atomic mass is 79.9. The Morgan fingerprint density at radius 1 is 1.43 bits per heavy atom. The first-order valence-corrected chi connectivity index (χ1v) is 5.89. The molecule has 2 nitrogen and oxygen atoms in total. The maximum atomic E-state index is 9.93. The van der Waals surface area contributed by atoms with E-state index in [4.69, 9.17) is 4.42 Å². The summed E-state index contributed by atoms with van der Waals surface area (Å²) in [5.74, 6) is 0.590. The lowest BCUT2D eigenvalue weighted by Gasteiger charge is -2.16. The van der Waals surface area contributed by atoms with E-state index >= 15 is 0 Å². The Kier molecular flexibility index (Phi) is 4.69. The molecule has 0 fully saturated rings. The van der Waals surface area contributed by atoms with Crippen molar-refractivity contribution in [2.75, 3.05) is 0 Å². The van der Waals surface area contributed by atoms with Crippen molar-refractivity contribution >= 4 is 15.9 Å². The Morgan fingerprint density at radius 2 is 2.07 bits per heavy atom. The van der Waals surface area contributed by atoms with Crippen LogP contribution in [0.1, 0.15) is 44.8 Å². The third-order valence-electron chi connectivity index (χ3n) is 2.72. The van der Waals surface area contributed by atoms with Crippen LogP contribution in [0.3, 0.4) is 0 Å². The number of hydrogen-bond acceptors (Lipinski definition) is 2. The lowest BCUT2D eigenvalue weighted by Crippen LogP contribution is -2.05. The molecule has 14 heavy (non-hydrogen) atoms. The van der Waals surface area contributed by atoms with E-state index in [1.54, 1.807) is 6.26 Å². The molecule has 0 saturated carbocycles. The van der Waals surface area contributed by atoms with Crippen molar-refractivity contribution in [3.63, 3.8) is 0 Å². The maximum Gasteiger partial charge on any atom is 0.174 e. The monoisotopic (exact) mass is 260 g/mol. The van der Waals surface area contributed by atoms with Gasteiger partial charge in [0.1, 0.15) is 0 Å². The lowest BCUT2D eigenvalue weighted by atomic mass is 9.94. The van der Waals surface area contributed by atoms with E-state index in [2.05, 4.69) is 29.8 Å². The molecular formula is C11H17BrO2. The molecule has 0 spiro atoms. The van der Waals surface area contributed by atoms with Crippen LogP contribution in [0.25, 0.3) is 0 Å². The number of hydrogen-bond donors (Lipinski definition) is 1. The van der Waals surface area contributed by atoms with Gasteiger partial charge in [-0.2, -0.15) is 0 Å². The van der Waals surface area contributed by atoms with Gasteiger partial charge in [-0.05, 0) is 34.3 Å². The fourth-order valence-electron chi connectivity index (χ4n) is 1.61. The third kappa shape index (κ3) is 2.85. The topological polar surface area (TPSA) is 33.4 Å². The summed E-state index contributed by atoms with van der Waals surface area (Å²) >= 11 is 3.27. The van der Waals surface area contributed by atoms with Crippen LogP contribution in [-0.2, 0) is 0 Å². The first-order chi connectivity index (χ1) is 6.69. The minimum Gasteiger partial charge on any atom is -0.457 e. The standard InChI is InChI=1S/C11H17BrO2/c1-3-8(4-2)7-10(13)9-5-6-14-11(9)12/h5-6,8,10,13H,3-4,7H2,1-2H3. The van der Waals surface area contributed by atoms with Gasteiger partial charge in [0.2, 0.25) is 0 Å². The molecular weight excluding hydrogens is 244 g/mol. The normalized spacial score (nSPS) is 13.5. The van der Waals surface area contributed by atoms with Crippen LogP contribution in [0, 0.1) is 5.92 Å². The molecule has 0 aromatic carbocycles. The van der Waals surface area contributed by atoms with Gasteiger partial charge in [0.15, 0.2) is 4.67 Å². The van der Waals surface area contributed by atoms with Crippen molar-refractivity contribution in [1.82, 2.24) is 0 Å². The molecule has 0 bridgehead atoms. The molecule has 1 rings (SSSR count). The smallest absolute Gasteiger partial charge is 0.174 e. The average molecular weight is 261 g/mol. The summed E-state index contributed by atoms with van der Waals surface area (Å²) in [6.45, 7) is 4.32. The summed E-state index contributed by atoms with van der Waals surface area (Å²) in [6, 6.07) is 1.82. The summed E-state index contributed by atoms with van der Waals surface area (Å²) < 4.78 is 5.74. The molecule has 1 heterocycles. The molecule has 0 saturated heterocycles. The van der Waals surface area contributed by atoms with Gasteiger partial charge < -0.3 is 9.52 Å². The summed E-state index contributed by atoms with van der Waals surface area (Å²) in [7, 11) is 0. The Balaban J connectivity index is 2.58. The molecule has 3 heteroatoms. The molecule has 1 atom stereocenters. The fraction of sp³-hybridized carbons (Fsp3) is 0.636. The predicted molar refractivity (Wildman–Crippen MR) is 60.1 cm³/mol. The van der Waals surface area contributed by atoms with Gasteiger partial charge in [0.05, 0.1) is 12.4 Å². The SMILES string of the molecule is CCC(CC)CC(O)c1ccoc1Br. The van der Waals surface area contributed by atoms with Gasteiger partial charge in [-0.25, -0.2) is 0 Å². The largest absolute Gasteiger partial charge is 0.457 e. The van der Waals surface area contributed by atoms with Crippen molar-refractivity contribution in [3.8, 4) is 0 Å². The van der Waals surface area contributed by atoms with Gasteiger partial charge >= 0.3 is 0 Å². The van der Waals surface area contributed by atoms with Gasteiger partial charge in [-0.3, -0.25) is 0 Å². The molecule has 0 amide bonds. The molecule has 0 radical (unpaired) electrons. The van der Waals surface area contributed by atoms with E-state index in [0.29, 0.717) is 10.6 Å². The van der Waals surface area contributed by atoms with Crippen LogP contribution in [-0.4, -0.2) is 5.11 Å². The molecule has 1 aromatic rings. The van der Waals surface area contributed by atoms with Gasteiger partial charge in [0, 0.05) is 5.56 Å². The highest BCUT2D eigenvalue weighted by molar-refractivity contribution is 9.10. The molecule has 1 aromatic heterocycles. The van der Waals surface area contributed by atoms with E-state index in [1.807, 2.05) is 6.07 Å². The molecule has 80 valence electrons. The number of rotatable bonds is 5. The van der Waals surface area contributed by atoms with Gasteiger partial charge in [0.25, 0.3) is 0 Å². The first kappa shape index (κ1) is 11.8. The third-order valence-corrected chi connectivity index (χ3v) is 3.36. The quantitative estimate of drug-likeness (QED) is 0.871. The van der Waals surface area contributed by atoms with E-state index in [0.717, 1.165) is 24.8 Å². The number of halogens is 1. The maximum absolute atomic E-state index is 9.93. The molecule has 0 aliphatic carbocycles. The second-order valence-corrected chi connectivity index (χ2v) is 4.30. The van der Waals surface area contributed by atoms with E-state index in [-0.39, 0.29) is 0 Å². The summed E-state index contributed by atoms with van der Waals surface area (Å²) in [4.78, 5) is 0. The molecule has 0 aliphatic heterocycles. The summed E-state index contributed by atoms with van der Waals surface area (Å²) in [6.07, 6.45) is 4.22. The highest BCUT2D eigenvalue weighted by Crippen LogP contribution is 2.30. The van der Waals surface area contributed by atoms with Crippen LogP contribution in [0.15, 0.2) is 21.4 Å². The Morgan fingerprint density at radius 3 is 2.50 bits per heavy atom. The predicted octanol–water partition coefficient (Wildman–Crippen LogP) is 3.90. The second kappa shape index (κ2) is 5.56. The van der Waals surface area contributed by atoms with E-state index in [1.165, 1.54) is 0 Å². The highest BCUT2D eigenvalue weighted by Gasteiger charge is 2.17. The minimum atomic E-state index is -0.409. The Hall–Kier alpha value is -0.280. The molecule has 0 aliphatic rings. The minimum absolute atomic E-state index is 0.409. The first-order valence-electron chi connectivity index (χ1n) is 5.09. The van der Waals surface area contributed by atoms with Crippen LogP contribution in [0.4, 0.5) is 0 Å². The molecule has 1 unspecified atom stereocenters. The van der Waals surface area contributed by atoms with Crippen molar-refractivity contribution in [2.24, 2.45) is 5.92 Å². The van der Waals surface area contributed by atoms with Gasteiger partial charge in [-0.15, -0.1) is 0 Å².